The van der Waals surface area contributed by atoms with E-state index in [-0.39, 0.29) is 5.91 Å². The number of amides is 1. The lowest BCUT2D eigenvalue weighted by Gasteiger charge is -2.35. The number of carbonyl (C=O) groups is 1. The van der Waals surface area contributed by atoms with Crippen molar-refractivity contribution in [2.75, 3.05) is 19.6 Å². The van der Waals surface area contributed by atoms with E-state index in [1.54, 1.807) is 0 Å². The van der Waals surface area contributed by atoms with Crippen LogP contribution in [0.2, 0.25) is 0 Å². The monoisotopic (exact) mass is 267 g/mol. The van der Waals surface area contributed by atoms with Gasteiger partial charge in [0.1, 0.15) is 0 Å². The van der Waals surface area contributed by atoms with E-state index in [9.17, 15) is 4.79 Å². The summed E-state index contributed by atoms with van der Waals surface area (Å²) in [6, 6.07) is 1.61. The molecule has 2 rings (SSSR count). The molecule has 19 heavy (non-hydrogen) atoms. The van der Waals surface area contributed by atoms with Crippen LogP contribution < -0.4 is 10.6 Å². The van der Waals surface area contributed by atoms with Gasteiger partial charge in [-0.3, -0.25) is 4.79 Å². The fourth-order valence-corrected chi connectivity index (χ4v) is 3.48. The Morgan fingerprint density at radius 2 is 2.21 bits per heavy atom. The summed E-state index contributed by atoms with van der Waals surface area (Å²) in [5.74, 6) is 0.148. The summed E-state index contributed by atoms with van der Waals surface area (Å²) in [6.45, 7) is 7.20. The number of nitrogens with zero attached hydrogens (tertiary/aromatic N) is 1. The molecule has 0 bridgehead atoms. The summed E-state index contributed by atoms with van der Waals surface area (Å²) in [7, 11) is 0. The van der Waals surface area contributed by atoms with Crippen molar-refractivity contribution in [3.05, 3.63) is 0 Å². The largest absolute Gasteiger partial charge is 0.353 e. The third-order valence-corrected chi connectivity index (χ3v) is 4.50. The van der Waals surface area contributed by atoms with E-state index in [0.717, 1.165) is 18.9 Å². The van der Waals surface area contributed by atoms with Gasteiger partial charge in [-0.15, -0.1) is 0 Å². The highest BCUT2D eigenvalue weighted by atomic mass is 16.1. The summed E-state index contributed by atoms with van der Waals surface area (Å²) in [5.41, 5.74) is 0. The normalized spacial score (nSPS) is 28.9. The molecule has 2 aliphatic rings. The van der Waals surface area contributed by atoms with Crippen molar-refractivity contribution < 1.29 is 4.79 Å². The summed E-state index contributed by atoms with van der Waals surface area (Å²) in [6.07, 6.45) is 7.29. The van der Waals surface area contributed by atoms with Crippen LogP contribution in [0.3, 0.4) is 0 Å². The lowest BCUT2D eigenvalue weighted by Crippen LogP contribution is -2.48. The van der Waals surface area contributed by atoms with Crippen molar-refractivity contribution in [2.45, 2.75) is 70.5 Å². The van der Waals surface area contributed by atoms with Crippen LogP contribution in [0.5, 0.6) is 0 Å². The van der Waals surface area contributed by atoms with Crippen molar-refractivity contribution in [3.8, 4) is 0 Å². The Morgan fingerprint density at radius 3 is 3.00 bits per heavy atom. The summed E-state index contributed by atoms with van der Waals surface area (Å²) < 4.78 is 0. The summed E-state index contributed by atoms with van der Waals surface area (Å²) >= 11 is 0. The molecule has 0 aromatic heterocycles. The van der Waals surface area contributed by atoms with Gasteiger partial charge in [0.2, 0.25) is 5.91 Å². The molecule has 0 spiro atoms. The second kappa shape index (κ2) is 7.25. The average molecular weight is 267 g/mol. The third-order valence-electron chi connectivity index (χ3n) is 4.50. The maximum absolute atomic E-state index is 11.8. The first-order chi connectivity index (χ1) is 9.19. The van der Waals surface area contributed by atoms with Crippen molar-refractivity contribution in [1.82, 2.24) is 15.5 Å². The standard InChI is InChI=1S/C15H29N3O/c1-3-5-12(2)17-15(19)11-16-13-7-9-18-8-4-6-14(18)10-13/h12-14,16H,3-11H2,1-2H3,(H,17,19). The van der Waals surface area contributed by atoms with Crippen LogP contribution in [0.15, 0.2) is 0 Å². The van der Waals surface area contributed by atoms with Crippen LogP contribution in [0, 0.1) is 0 Å². The molecule has 0 aromatic rings. The molecule has 3 atom stereocenters. The van der Waals surface area contributed by atoms with E-state index in [1.807, 2.05) is 0 Å². The van der Waals surface area contributed by atoms with Crippen LogP contribution in [0.4, 0.5) is 0 Å². The van der Waals surface area contributed by atoms with E-state index in [0.29, 0.717) is 18.6 Å². The number of hydrogen-bond donors (Lipinski definition) is 2. The van der Waals surface area contributed by atoms with Gasteiger partial charge in [-0.1, -0.05) is 13.3 Å². The maximum Gasteiger partial charge on any atom is 0.234 e. The first-order valence-corrected chi connectivity index (χ1v) is 7.95. The molecule has 4 nitrogen and oxygen atoms in total. The molecule has 3 unspecified atom stereocenters. The minimum atomic E-state index is 0.148. The molecule has 0 saturated carbocycles. The lowest BCUT2D eigenvalue weighted by molar-refractivity contribution is -0.121. The Hall–Kier alpha value is -0.610. The highest BCUT2D eigenvalue weighted by molar-refractivity contribution is 5.78. The van der Waals surface area contributed by atoms with Crippen LogP contribution in [-0.2, 0) is 4.79 Å². The quantitative estimate of drug-likeness (QED) is 0.767. The molecule has 1 amide bonds. The Labute approximate surface area is 117 Å². The second-order valence-corrected chi connectivity index (χ2v) is 6.19. The molecular weight excluding hydrogens is 238 g/mol. The number of rotatable bonds is 6. The molecule has 0 aromatic carbocycles. The molecule has 4 heteroatoms. The average Bonchev–Trinajstić information content (AvgIpc) is 2.83. The van der Waals surface area contributed by atoms with Crippen LogP contribution in [-0.4, -0.2) is 48.6 Å². The van der Waals surface area contributed by atoms with Gasteiger partial charge in [0, 0.05) is 18.1 Å². The van der Waals surface area contributed by atoms with Crippen molar-refractivity contribution in [1.29, 1.82) is 0 Å². The number of nitrogens with one attached hydrogen (secondary N) is 2. The minimum absolute atomic E-state index is 0.148. The fourth-order valence-electron chi connectivity index (χ4n) is 3.48. The van der Waals surface area contributed by atoms with E-state index < -0.39 is 0 Å². The molecule has 110 valence electrons. The molecular formula is C15H29N3O. The summed E-state index contributed by atoms with van der Waals surface area (Å²) in [5, 5.41) is 6.50. The van der Waals surface area contributed by atoms with Crippen molar-refractivity contribution in [2.24, 2.45) is 0 Å². The minimum Gasteiger partial charge on any atom is -0.353 e. The molecule has 2 N–H and O–H groups in total. The highest BCUT2D eigenvalue weighted by Gasteiger charge is 2.31. The zero-order chi connectivity index (χ0) is 13.7. The van der Waals surface area contributed by atoms with E-state index in [4.69, 9.17) is 0 Å². The number of piperidine rings is 1. The Kier molecular flexibility index (Phi) is 5.64. The predicted octanol–water partition coefficient (Wildman–Crippen LogP) is 1.51. The van der Waals surface area contributed by atoms with Gasteiger partial charge in [-0.25, -0.2) is 0 Å². The second-order valence-electron chi connectivity index (χ2n) is 6.19. The van der Waals surface area contributed by atoms with Gasteiger partial charge in [0.05, 0.1) is 6.54 Å². The third kappa shape index (κ3) is 4.46. The summed E-state index contributed by atoms with van der Waals surface area (Å²) in [4.78, 5) is 14.4. The number of carbonyl (C=O) groups excluding carboxylic acids is 1. The van der Waals surface area contributed by atoms with Crippen LogP contribution in [0.25, 0.3) is 0 Å². The maximum atomic E-state index is 11.8. The molecule has 2 aliphatic heterocycles. The van der Waals surface area contributed by atoms with Gasteiger partial charge >= 0.3 is 0 Å². The first-order valence-electron chi connectivity index (χ1n) is 7.95. The topological polar surface area (TPSA) is 44.4 Å². The Balaban J connectivity index is 1.63. The van der Waals surface area contributed by atoms with Gasteiger partial charge in [-0.2, -0.15) is 0 Å². The fraction of sp³-hybridized carbons (Fsp3) is 0.933. The SMILES string of the molecule is CCCC(C)NC(=O)CNC1CCN2CCCC2C1. The molecule has 2 heterocycles. The smallest absolute Gasteiger partial charge is 0.234 e. The van der Waals surface area contributed by atoms with Crippen molar-refractivity contribution >= 4 is 5.91 Å². The van der Waals surface area contributed by atoms with E-state index >= 15 is 0 Å². The van der Waals surface area contributed by atoms with Gasteiger partial charge in [0.15, 0.2) is 0 Å². The van der Waals surface area contributed by atoms with Crippen molar-refractivity contribution in [3.63, 3.8) is 0 Å². The van der Waals surface area contributed by atoms with E-state index in [1.165, 1.54) is 38.8 Å². The Bertz CT molecular complexity index is 295. The van der Waals surface area contributed by atoms with Crippen LogP contribution in [0.1, 0.15) is 52.4 Å². The van der Waals surface area contributed by atoms with Gasteiger partial charge < -0.3 is 15.5 Å². The number of fused-ring (bicyclic) bond motifs is 1. The molecule has 0 radical (unpaired) electrons. The molecule has 2 saturated heterocycles. The first kappa shape index (κ1) is 14.8. The van der Waals surface area contributed by atoms with E-state index in [2.05, 4.69) is 29.4 Å². The lowest BCUT2D eigenvalue weighted by atomic mass is 9.97. The predicted molar refractivity (Wildman–Crippen MR) is 78.1 cm³/mol. The van der Waals surface area contributed by atoms with Crippen LogP contribution >= 0.6 is 0 Å². The number of hydrogen-bond acceptors (Lipinski definition) is 3. The zero-order valence-electron chi connectivity index (χ0n) is 12.5. The molecule has 0 aliphatic carbocycles. The molecule has 2 fully saturated rings. The van der Waals surface area contributed by atoms with Gasteiger partial charge in [-0.05, 0) is 52.1 Å². The Morgan fingerprint density at radius 1 is 1.37 bits per heavy atom. The zero-order valence-corrected chi connectivity index (χ0v) is 12.5. The van der Waals surface area contributed by atoms with Gasteiger partial charge in [0.25, 0.3) is 0 Å². The highest BCUT2D eigenvalue weighted by Crippen LogP contribution is 2.26.